The lowest BCUT2D eigenvalue weighted by atomic mass is 9.73. The van der Waals surface area contributed by atoms with Gasteiger partial charge in [0.25, 0.3) is 0 Å². The average molecular weight is 289 g/mol. The Kier molecular flexibility index (Phi) is 4.51. The molecule has 1 aromatic rings. The van der Waals surface area contributed by atoms with Crippen LogP contribution in [0.4, 0.5) is 0 Å². The quantitative estimate of drug-likeness (QED) is 0.908. The van der Waals surface area contributed by atoms with Crippen LogP contribution in [0.3, 0.4) is 0 Å². The van der Waals surface area contributed by atoms with Crippen molar-refractivity contribution in [2.45, 2.75) is 39.3 Å². The van der Waals surface area contributed by atoms with Crippen LogP contribution in [0, 0.1) is 17.8 Å². The van der Waals surface area contributed by atoms with Crippen LogP contribution in [0.5, 0.6) is 5.75 Å². The van der Waals surface area contributed by atoms with Crippen LogP contribution in [0.1, 0.15) is 32.3 Å². The fourth-order valence-corrected chi connectivity index (χ4v) is 4.01. The zero-order valence-corrected chi connectivity index (χ0v) is 13.2. The van der Waals surface area contributed by atoms with E-state index in [-0.39, 0.29) is 6.10 Å². The summed E-state index contributed by atoms with van der Waals surface area (Å²) in [5.41, 5.74) is 1.27. The Labute approximate surface area is 127 Å². The molecule has 4 atom stereocenters. The van der Waals surface area contributed by atoms with Crippen molar-refractivity contribution < 1.29 is 9.84 Å². The zero-order valence-electron chi connectivity index (χ0n) is 13.2. The molecule has 1 aromatic carbocycles. The molecule has 1 N–H and O–H groups in total. The first-order valence-corrected chi connectivity index (χ1v) is 8.24. The van der Waals surface area contributed by atoms with Crippen molar-refractivity contribution >= 4 is 0 Å². The highest BCUT2D eigenvalue weighted by Gasteiger charge is 2.34. The maximum Gasteiger partial charge on any atom is 0.123 e. The highest BCUT2D eigenvalue weighted by atomic mass is 16.5. The Balaban J connectivity index is 1.67. The second-order valence-corrected chi connectivity index (χ2v) is 6.98. The molecule has 4 unspecified atom stereocenters. The first kappa shape index (κ1) is 14.9. The molecular weight excluding hydrogens is 262 g/mol. The summed E-state index contributed by atoms with van der Waals surface area (Å²) in [6.07, 6.45) is 2.04. The molecule has 0 saturated heterocycles. The van der Waals surface area contributed by atoms with E-state index in [9.17, 15) is 5.11 Å². The standard InChI is InChI=1S/C18H27NO2/c1-13-9-14(2)16(17(20)10-13)12-19-7-8-21-18-6-4-3-5-15(18)11-19/h3-6,13-14,16-17,20H,7-12H2,1-2H3. The maximum absolute atomic E-state index is 10.4. The lowest BCUT2D eigenvalue weighted by molar-refractivity contribution is -0.00384. The number of hydrogen-bond acceptors (Lipinski definition) is 3. The molecule has 2 aliphatic rings. The van der Waals surface area contributed by atoms with E-state index in [4.69, 9.17) is 4.74 Å². The highest BCUT2D eigenvalue weighted by Crippen LogP contribution is 2.35. The van der Waals surface area contributed by atoms with Crippen molar-refractivity contribution in [3.8, 4) is 5.75 Å². The Morgan fingerprint density at radius 3 is 2.86 bits per heavy atom. The van der Waals surface area contributed by atoms with Gasteiger partial charge in [-0.3, -0.25) is 4.90 Å². The van der Waals surface area contributed by atoms with Gasteiger partial charge in [0.05, 0.1) is 6.10 Å². The van der Waals surface area contributed by atoms with Gasteiger partial charge in [-0.25, -0.2) is 0 Å². The molecule has 0 amide bonds. The Morgan fingerprint density at radius 2 is 2.05 bits per heavy atom. The van der Waals surface area contributed by atoms with Crippen LogP contribution < -0.4 is 4.74 Å². The van der Waals surface area contributed by atoms with Crippen molar-refractivity contribution in [2.75, 3.05) is 19.7 Å². The third-order valence-corrected chi connectivity index (χ3v) is 5.14. The van der Waals surface area contributed by atoms with Crippen LogP contribution in [-0.4, -0.2) is 35.8 Å². The maximum atomic E-state index is 10.4. The molecule has 1 heterocycles. The number of para-hydroxylation sites is 1. The molecule has 1 fully saturated rings. The summed E-state index contributed by atoms with van der Waals surface area (Å²) in [4.78, 5) is 2.45. The molecule has 1 saturated carbocycles. The van der Waals surface area contributed by atoms with Gasteiger partial charge in [0.15, 0.2) is 0 Å². The van der Waals surface area contributed by atoms with Crippen molar-refractivity contribution in [3.05, 3.63) is 29.8 Å². The number of aliphatic hydroxyl groups excluding tert-OH is 1. The molecule has 1 aliphatic carbocycles. The Morgan fingerprint density at radius 1 is 1.24 bits per heavy atom. The monoisotopic (exact) mass is 289 g/mol. The minimum Gasteiger partial charge on any atom is -0.492 e. The number of hydrogen-bond donors (Lipinski definition) is 1. The van der Waals surface area contributed by atoms with Gasteiger partial charge in [-0.1, -0.05) is 32.0 Å². The van der Waals surface area contributed by atoms with E-state index in [0.717, 1.165) is 38.4 Å². The number of benzene rings is 1. The lowest BCUT2D eigenvalue weighted by Gasteiger charge is -2.39. The van der Waals surface area contributed by atoms with E-state index < -0.39 is 0 Å². The average Bonchev–Trinajstić information content (AvgIpc) is 2.64. The number of rotatable bonds is 2. The van der Waals surface area contributed by atoms with Gasteiger partial charge in [-0.15, -0.1) is 0 Å². The number of nitrogens with zero attached hydrogens (tertiary/aromatic N) is 1. The van der Waals surface area contributed by atoms with E-state index in [1.807, 2.05) is 6.07 Å². The summed E-state index contributed by atoms with van der Waals surface area (Å²) in [5, 5.41) is 10.4. The van der Waals surface area contributed by atoms with Crippen molar-refractivity contribution in [2.24, 2.45) is 17.8 Å². The number of fused-ring (bicyclic) bond motifs is 1. The van der Waals surface area contributed by atoms with E-state index in [1.54, 1.807) is 0 Å². The molecule has 21 heavy (non-hydrogen) atoms. The van der Waals surface area contributed by atoms with Gasteiger partial charge < -0.3 is 9.84 Å². The predicted octanol–water partition coefficient (Wildman–Crippen LogP) is 2.92. The number of ether oxygens (including phenoxy) is 1. The van der Waals surface area contributed by atoms with Gasteiger partial charge >= 0.3 is 0 Å². The molecule has 0 spiro atoms. The Hall–Kier alpha value is -1.06. The summed E-state index contributed by atoms with van der Waals surface area (Å²) in [6.45, 7) is 8.15. The first-order chi connectivity index (χ1) is 10.1. The molecule has 3 heteroatoms. The minimum atomic E-state index is -0.150. The zero-order chi connectivity index (χ0) is 14.8. The molecule has 0 bridgehead atoms. The third-order valence-electron chi connectivity index (χ3n) is 5.14. The van der Waals surface area contributed by atoms with E-state index in [1.165, 1.54) is 12.0 Å². The van der Waals surface area contributed by atoms with Crippen molar-refractivity contribution in [1.29, 1.82) is 0 Å². The van der Waals surface area contributed by atoms with Gasteiger partial charge in [-0.2, -0.15) is 0 Å². The van der Waals surface area contributed by atoms with E-state index in [2.05, 4.69) is 36.9 Å². The summed E-state index contributed by atoms with van der Waals surface area (Å²) in [6, 6.07) is 8.31. The third kappa shape index (κ3) is 3.41. The fourth-order valence-electron chi connectivity index (χ4n) is 4.01. The van der Waals surface area contributed by atoms with Crippen LogP contribution in [0.25, 0.3) is 0 Å². The predicted molar refractivity (Wildman–Crippen MR) is 84.3 cm³/mol. The van der Waals surface area contributed by atoms with Crippen LogP contribution in [-0.2, 0) is 6.54 Å². The molecule has 116 valence electrons. The summed E-state index contributed by atoms with van der Waals surface area (Å²) in [7, 11) is 0. The smallest absolute Gasteiger partial charge is 0.123 e. The second kappa shape index (κ2) is 6.37. The summed E-state index contributed by atoms with van der Waals surface area (Å²) >= 11 is 0. The SMILES string of the molecule is CC1CC(C)C(CN2CCOc3ccccc3C2)C(O)C1. The molecule has 3 nitrogen and oxygen atoms in total. The number of aliphatic hydroxyl groups is 1. The van der Waals surface area contributed by atoms with E-state index >= 15 is 0 Å². The minimum absolute atomic E-state index is 0.150. The first-order valence-electron chi connectivity index (χ1n) is 8.24. The lowest BCUT2D eigenvalue weighted by Crippen LogP contribution is -2.43. The van der Waals surface area contributed by atoms with Gasteiger partial charge in [0.2, 0.25) is 0 Å². The highest BCUT2D eigenvalue weighted by molar-refractivity contribution is 5.33. The largest absolute Gasteiger partial charge is 0.492 e. The summed E-state index contributed by atoms with van der Waals surface area (Å²) < 4.78 is 5.83. The molecule has 0 radical (unpaired) electrons. The molecule has 3 rings (SSSR count). The normalized spacial score (nSPS) is 33.9. The summed E-state index contributed by atoms with van der Waals surface area (Å²) in [5.74, 6) is 2.67. The fraction of sp³-hybridized carbons (Fsp3) is 0.667. The van der Waals surface area contributed by atoms with E-state index in [0.29, 0.717) is 17.8 Å². The van der Waals surface area contributed by atoms with Gasteiger partial charge in [-0.05, 0) is 30.7 Å². The van der Waals surface area contributed by atoms with Gasteiger partial charge in [0.1, 0.15) is 12.4 Å². The van der Waals surface area contributed by atoms with Crippen molar-refractivity contribution in [1.82, 2.24) is 4.90 Å². The molecular formula is C18H27NO2. The second-order valence-electron chi connectivity index (χ2n) is 6.98. The topological polar surface area (TPSA) is 32.7 Å². The Bertz CT molecular complexity index is 464. The molecule has 0 aromatic heterocycles. The van der Waals surface area contributed by atoms with Crippen LogP contribution in [0.15, 0.2) is 24.3 Å². The molecule has 1 aliphatic heterocycles. The van der Waals surface area contributed by atoms with Crippen molar-refractivity contribution in [3.63, 3.8) is 0 Å². The van der Waals surface area contributed by atoms with Gasteiger partial charge in [0, 0.05) is 31.1 Å². The van der Waals surface area contributed by atoms with Crippen LogP contribution >= 0.6 is 0 Å². The van der Waals surface area contributed by atoms with Crippen LogP contribution in [0.2, 0.25) is 0 Å².